The summed E-state index contributed by atoms with van der Waals surface area (Å²) in [5.74, 6) is -0.111. The summed E-state index contributed by atoms with van der Waals surface area (Å²) in [7, 11) is 0. The molecule has 1 heterocycles. The number of halogens is 2. The quantitative estimate of drug-likeness (QED) is 0.560. The van der Waals surface area contributed by atoms with Crippen molar-refractivity contribution in [2.24, 2.45) is 0 Å². The van der Waals surface area contributed by atoms with Crippen molar-refractivity contribution in [1.82, 2.24) is 5.43 Å². The van der Waals surface area contributed by atoms with Gasteiger partial charge in [0.25, 0.3) is 11.8 Å². The van der Waals surface area contributed by atoms with Crippen molar-refractivity contribution in [1.29, 1.82) is 0 Å². The highest BCUT2D eigenvalue weighted by atomic mass is 35.5. The van der Waals surface area contributed by atoms with Crippen LogP contribution in [0.3, 0.4) is 0 Å². The second-order valence-corrected chi connectivity index (χ2v) is 6.66. The van der Waals surface area contributed by atoms with Gasteiger partial charge in [-0.15, -0.1) is 0 Å². The topological polar surface area (TPSA) is 67.9 Å². The summed E-state index contributed by atoms with van der Waals surface area (Å²) in [6.45, 7) is 4.53. The van der Waals surface area contributed by atoms with Crippen LogP contribution in [0.5, 0.6) is 11.5 Å². The van der Waals surface area contributed by atoms with E-state index in [2.05, 4.69) is 5.43 Å². The summed E-state index contributed by atoms with van der Waals surface area (Å²) in [5, 5.41) is 2.04. The minimum Gasteiger partial charge on any atom is -0.490 e. The number of carbonyl (C=O) groups excluding carboxylic acids is 2. The number of benzene rings is 2. The fourth-order valence-electron chi connectivity index (χ4n) is 2.71. The molecule has 0 spiro atoms. The molecule has 0 bridgehead atoms. The average molecular weight is 421 g/mol. The zero-order valence-electron chi connectivity index (χ0n) is 15.3. The predicted octanol–water partition coefficient (Wildman–Crippen LogP) is 4.25. The molecule has 0 aliphatic carbocycles. The smallest absolute Gasteiger partial charge is 0.282 e. The van der Waals surface area contributed by atoms with Crippen molar-refractivity contribution in [2.45, 2.75) is 13.8 Å². The lowest BCUT2D eigenvalue weighted by atomic mass is 10.1. The molecule has 1 saturated heterocycles. The minimum atomic E-state index is -0.511. The number of carbonyl (C=O) groups is 2. The number of nitrogens with zero attached hydrogens (tertiary/aromatic N) is 1. The lowest BCUT2D eigenvalue weighted by Crippen LogP contribution is -2.35. The Morgan fingerprint density at radius 2 is 1.71 bits per heavy atom. The van der Waals surface area contributed by atoms with Crippen LogP contribution in [0, 0.1) is 0 Å². The van der Waals surface area contributed by atoms with E-state index in [9.17, 15) is 9.59 Å². The van der Waals surface area contributed by atoms with Crippen LogP contribution in [0.15, 0.2) is 42.0 Å². The summed E-state index contributed by atoms with van der Waals surface area (Å²) < 4.78 is 11.1. The molecule has 6 nitrogen and oxygen atoms in total. The van der Waals surface area contributed by atoms with Crippen LogP contribution >= 0.6 is 23.2 Å². The number of ether oxygens (including phenoxy) is 2. The Kier molecular flexibility index (Phi) is 6.11. The number of hydrogen-bond donors (Lipinski definition) is 1. The number of hydrazine groups is 1. The number of nitrogens with one attached hydrogen (secondary N) is 1. The van der Waals surface area contributed by atoms with E-state index in [0.717, 1.165) is 0 Å². The van der Waals surface area contributed by atoms with E-state index in [-0.39, 0.29) is 5.57 Å². The third-order valence-corrected chi connectivity index (χ3v) is 4.44. The van der Waals surface area contributed by atoms with E-state index in [4.69, 9.17) is 32.7 Å². The van der Waals surface area contributed by atoms with Gasteiger partial charge in [0.05, 0.1) is 23.9 Å². The SMILES string of the molecule is CCOc1cc(C=C2C(=O)NN(c3ccc(Cl)cc3)C2=O)cc(Cl)c1OCC. The Morgan fingerprint density at radius 1 is 1.04 bits per heavy atom. The first-order valence-electron chi connectivity index (χ1n) is 8.66. The maximum absolute atomic E-state index is 12.7. The molecule has 1 N–H and O–H groups in total. The zero-order valence-corrected chi connectivity index (χ0v) is 16.8. The minimum absolute atomic E-state index is 0.0161. The van der Waals surface area contributed by atoms with Crippen LogP contribution < -0.4 is 19.9 Å². The van der Waals surface area contributed by atoms with Crippen molar-refractivity contribution in [3.63, 3.8) is 0 Å². The monoisotopic (exact) mass is 420 g/mol. The van der Waals surface area contributed by atoms with Crippen LogP contribution in [0.4, 0.5) is 5.69 Å². The van der Waals surface area contributed by atoms with E-state index >= 15 is 0 Å². The highest BCUT2D eigenvalue weighted by Gasteiger charge is 2.34. The van der Waals surface area contributed by atoms with Crippen LogP contribution in [0.25, 0.3) is 6.08 Å². The molecule has 1 aliphatic rings. The number of anilines is 1. The van der Waals surface area contributed by atoms with Crippen LogP contribution in [-0.4, -0.2) is 25.0 Å². The highest BCUT2D eigenvalue weighted by Crippen LogP contribution is 2.37. The van der Waals surface area contributed by atoms with E-state index in [1.54, 1.807) is 36.4 Å². The Balaban J connectivity index is 1.95. The van der Waals surface area contributed by atoms with Gasteiger partial charge in [-0.3, -0.25) is 15.0 Å². The van der Waals surface area contributed by atoms with Crippen molar-refractivity contribution >= 4 is 46.8 Å². The summed E-state index contributed by atoms with van der Waals surface area (Å²) in [4.78, 5) is 25.1. The summed E-state index contributed by atoms with van der Waals surface area (Å²) >= 11 is 12.2. The third kappa shape index (κ3) is 4.08. The van der Waals surface area contributed by atoms with Gasteiger partial charge < -0.3 is 9.47 Å². The molecule has 1 aliphatic heterocycles. The van der Waals surface area contributed by atoms with E-state index < -0.39 is 11.8 Å². The molecule has 3 rings (SSSR count). The normalized spacial score (nSPS) is 15.1. The fraction of sp³-hybridized carbons (Fsp3) is 0.200. The van der Waals surface area contributed by atoms with Crippen LogP contribution in [-0.2, 0) is 9.59 Å². The molecule has 0 radical (unpaired) electrons. The molecular formula is C20H18Cl2N2O4. The average Bonchev–Trinajstić information content (AvgIpc) is 2.94. The third-order valence-electron chi connectivity index (χ3n) is 3.91. The Morgan fingerprint density at radius 3 is 2.36 bits per heavy atom. The Labute approximate surface area is 172 Å². The van der Waals surface area contributed by atoms with Gasteiger partial charge >= 0.3 is 0 Å². The number of rotatable bonds is 6. The zero-order chi connectivity index (χ0) is 20.3. The van der Waals surface area contributed by atoms with Crippen LogP contribution in [0.2, 0.25) is 10.0 Å². The molecule has 0 unspecified atom stereocenters. The molecule has 8 heteroatoms. The Bertz CT molecular complexity index is 942. The first-order valence-corrected chi connectivity index (χ1v) is 9.42. The van der Waals surface area contributed by atoms with E-state index in [1.165, 1.54) is 11.1 Å². The second kappa shape index (κ2) is 8.54. The molecule has 0 atom stereocenters. The van der Waals surface area contributed by atoms with Gasteiger partial charge in [0.1, 0.15) is 5.57 Å². The van der Waals surface area contributed by atoms with Gasteiger partial charge in [0.2, 0.25) is 0 Å². The summed E-state index contributed by atoms with van der Waals surface area (Å²) in [5.41, 5.74) is 3.58. The molecule has 146 valence electrons. The van der Waals surface area contributed by atoms with E-state index in [0.29, 0.717) is 46.0 Å². The van der Waals surface area contributed by atoms with Gasteiger partial charge in [-0.25, -0.2) is 5.01 Å². The molecule has 2 aromatic rings. The predicted molar refractivity (Wildman–Crippen MR) is 109 cm³/mol. The standard InChI is InChI=1S/C20H18Cl2N2O4/c1-3-27-17-11-12(10-16(22)18(17)28-4-2)9-15-19(25)23-24(20(15)26)14-7-5-13(21)6-8-14/h5-11H,3-4H2,1-2H3,(H,23,25). The van der Waals surface area contributed by atoms with Crippen LogP contribution in [0.1, 0.15) is 19.4 Å². The van der Waals surface area contributed by atoms with Crippen molar-refractivity contribution < 1.29 is 19.1 Å². The number of amides is 2. The van der Waals surface area contributed by atoms with Gasteiger partial charge in [0.15, 0.2) is 11.5 Å². The fourth-order valence-corrected chi connectivity index (χ4v) is 3.11. The molecule has 1 fully saturated rings. The first kappa shape index (κ1) is 20.0. The molecule has 0 aromatic heterocycles. The highest BCUT2D eigenvalue weighted by molar-refractivity contribution is 6.33. The van der Waals surface area contributed by atoms with Gasteiger partial charge in [-0.2, -0.15) is 0 Å². The Hall–Kier alpha value is -2.70. The summed E-state index contributed by atoms with van der Waals surface area (Å²) in [6, 6.07) is 9.86. The van der Waals surface area contributed by atoms with Crippen molar-refractivity contribution in [3.05, 3.63) is 57.6 Å². The van der Waals surface area contributed by atoms with Gasteiger partial charge in [-0.05, 0) is 61.9 Å². The largest absolute Gasteiger partial charge is 0.490 e. The maximum atomic E-state index is 12.7. The second-order valence-electron chi connectivity index (χ2n) is 5.81. The van der Waals surface area contributed by atoms with Gasteiger partial charge in [0, 0.05) is 5.02 Å². The lowest BCUT2D eigenvalue weighted by molar-refractivity contribution is -0.117. The molecule has 28 heavy (non-hydrogen) atoms. The van der Waals surface area contributed by atoms with Crippen molar-refractivity contribution in [3.8, 4) is 11.5 Å². The van der Waals surface area contributed by atoms with Crippen molar-refractivity contribution in [2.75, 3.05) is 18.2 Å². The number of hydrogen-bond acceptors (Lipinski definition) is 4. The van der Waals surface area contributed by atoms with E-state index in [1.807, 2.05) is 13.8 Å². The molecular weight excluding hydrogens is 403 g/mol. The molecule has 0 saturated carbocycles. The summed E-state index contributed by atoms with van der Waals surface area (Å²) in [6.07, 6.45) is 1.47. The first-order chi connectivity index (χ1) is 13.4. The molecule has 2 aromatic carbocycles. The molecule has 2 amide bonds. The van der Waals surface area contributed by atoms with Gasteiger partial charge in [-0.1, -0.05) is 23.2 Å². The maximum Gasteiger partial charge on any atom is 0.282 e. The lowest BCUT2D eigenvalue weighted by Gasteiger charge is -2.14.